The summed E-state index contributed by atoms with van der Waals surface area (Å²) in [6.07, 6.45) is 3.89. The van der Waals surface area contributed by atoms with Crippen molar-refractivity contribution in [2.45, 2.75) is 17.5 Å². The second kappa shape index (κ2) is 6.36. The zero-order valence-corrected chi connectivity index (χ0v) is 9.33. The monoisotopic (exact) mass is 226 g/mol. The van der Waals surface area contributed by atoms with Crippen LogP contribution >= 0.6 is 11.8 Å². The van der Waals surface area contributed by atoms with Crippen LogP contribution in [-0.4, -0.2) is 34.7 Å². The topological polar surface area (TPSA) is 80.9 Å². The molecule has 1 unspecified atom stereocenters. The number of primary amides is 1. The van der Waals surface area contributed by atoms with Crippen molar-refractivity contribution in [1.82, 2.24) is 15.3 Å². The van der Waals surface area contributed by atoms with Gasteiger partial charge in [-0.15, -0.1) is 11.8 Å². The Kier molecular flexibility index (Phi) is 5.06. The third kappa shape index (κ3) is 4.26. The van der Waals surface area contributed by atoms with Gasteiger partial charge >= 0.3 is 0 Å². The lowest BCUT2D eigenvalue weighted by molar-refractivity contribution is -0.119. The number of rotatable bonds is 6. The average molecular weight is 226 g/mol. The number of carbonyl (C=O) groups excluding carboxylic acids is 1. The van der Waals surface area contributed by atoms with Gasteiger partial charge in [-0.3, -0.25) is 4.79 Å². The highest BCUT2D eigenvalue weighted by Crippen LogP contribution is 2.14. The molecule has 0 aliphatic heterocycles. The Morgan fingerprint density at radius 1 is 1.73 bits per heavy atom. The van der Waals surface area contributed by atoms with E-state index in [9.17, 15) is 4.79 Å². The number of nitrogens with two attached hydrogens (primary N) is 1. The number of hydrogen-bond acceptors (Lipinski definition) is 5. The highest BCUT2D eigenvalue weighted by Gasteiger charge is 2.11. The molecule has 0 fully saturated rings. The predicted molar refractivity (Wildman–Crippen MR) is 59.4 cm³/mol. The highest BCUT2D eigenvalue weighted by molar-refractivity contribution is 7.99. The molecule has 0 bridgehead atoms. The van der Waals surface area contributed by atoms with Gasteiger partial charge in [-0.25, -0.2) is 9.97 Å². The molecule has 1 aromatic heterocycles. The van der Waals surface area contributed by atoms with Gasteiger partial charge in [0.05, 0.1) is 11.1 Å². The molecule has 0 aromatic carbocycles. The molecule has 5 nitrogen and oxygen atoms in total. The first kappa shape index (κ1) is 11.9. The molecule has 82 valence electrons. The van der Waals surface area contributed by atoms with Crippen molar-refractivity contribution < 1.29 is 4.79 Å². The van der Waals surface area contributed by atoms with Gasteiger partial charge < -0.3 is 11.1 Å². The van der Waals surface area contributed by atoms with Crippen LogP contribution in [0.3, 0.4) is 0 Å². The summed E-state index contributed by atoms with van der Waals surface area (Å²) < 4.78 is 0. The minimum Gasteiger partial charge on any atom is -0.368 e. The molecule has 0 radical (unpaired) electrons. The maximum Gasteiger partial charge on any atom is 0.234 e. The van der Waals surface area contributed by atoms with Crippen LogP contribution in [0, 0.1) is 0 Å². The lowest BCUT2D eigenvalue weighted by Gasteiger charge is -2.10. The minimum absolute atomic E-state index is 0.265. The Morgan fingerprint density at radius 2 is 2.53 bits per heavy atom. The quantitative estimate of drug-likeness (QED) is 0.528. The summed E-state index contributed by atoms with van der Waals surface area (Å²) in [7, 11) is 1.73. The van der Waals surface area contributed by atoms with Crippen LogP contribution < -0.4 is 11.1 Å². The molecule has 1 amide bonds. The second-order valence-electron chi connectivity index (χ2n) is 2.93. The molecule has 1 aromatic rings. The summed E-state index contributed by atoms with van der Waals surface area (Å²) in [5, 5.41) is 3.77. The van der Waals surface area contributed by atoms with Gasteiger partial charge in [0.15, 0.2) is 0 Å². The number of amides is 1. The van der Waals surface area contributed by atoms with Crippen LogP contribution in [0.4, 0.5) is 0 Å². The van der Waals surface area contributed by atoms with Gasteiger partial charge in [-0.2, -0.15) is 0 Å². The van der Waals surface area contributed by atoms with E-state index in [0.717, 1.165) is 10.8 Å². The van der Waals surface area contributed by atoms with E-state index in [-0.39, 0.29) is 11.9 Å². The maximum absolute atomic E-state index is 10.9. The van der Waals surface area contributed by atoms with Crippen molar-refractivity contribution in [2.24, 2.45) is 5.73 Å². The number of hydrogen-bond donors (Lipinski definition) is 2. The van der Waals surface area contributed by atoms with E-state index < -0.39 is 0 Å². The number of nitrogens with one attached hydrogen (secondary N) is 1. The lowest BCUT2D eigenvalue weighted by Crippen LogP contribution is -2.39. The standard InChI is InChI=1S/C9H14N4OS/c1-11-7(9(10)14)3-5-15-8-2-4-12-6-13-8/h2,4,6-7,11H,3,5H2,1H3,(H2,10,14). The van der Waals surface area contributed by atoms with Crippen LogP contribution in [-0.2, 0) is 4.79 Å². The predicted octanol–water partition coefficient (Wildman–Crippen LogP) is 0.0321. The largest absolute Gasteiger partial charge is 0.368 e. The van der Waals surface area contributed by atoms with Gasteiger partial charge in [0.1, 0.15) is 6.33 Å². The third-order valence-corrected chi connectivity index (χ3v) is 2.88. The van der Waals surface area contributed by atoms with Crippen molar-refractivity contribution in [1.29, 1.82) is 0 Å². The third-order valence-electron chi connectivity index (χ3n) is 1.90. The molecule has 0 saturated carbocycles. The van der Waals surface area contributed by atoms with Crippen molar-refractivity contribution in [3.63, 3.8) is 0 Å². The Morgan fingerprint density at radius 3 is 3.07 bits per heavy atom. The number of thioether (sulfide) groups is 1. The average Bonchev–Trinajstić information content (AvgIpc) is 2.25. The smallest absolute Gasteiger partial charge is 0.234 e. The Labute approximate surface area is 92.9 Å². The Balaban J connectivity index is 2.30. The van der Waals surface area contributed by atoms with E-state index in [2.05, 4.69) is 15.3 Å². The SMILES string of the molecule is CNC(CCSc1ccncn1)C(N)=O. The van der Waals surface area contributed by atoms with Crippen LogP contribution in [0.5, 0.6) is 0 Å². The summed E-state index contributed by atoms with van der Waals surface area (Å²) >= 11 is 1.58. The first-order valence-electron chi connectivity index (χ1n) is 4.59. The fraction of sp³-hybridized carbons (Fsp3) is 0.444. The van der Waals surface area contributed by atoms with Gasteiger partial charge in [0.25, 0.3) is 0 Å². The molecule has 0 aliphatic rings. The molecule has 6 heteroatoms. The van der Waals surface area contributed by atoms with Crippen molar-refractivity contribution >= 4 is 17.7 Å². The summed E-state index contributed by atoms with van der Waals surface area (Å²) in [5.74, 6) is 0.478. The molecule has 1 atom stereocenters. The molecule has 0 saturated heterocycles. The molecule has 1 heterocycles. The number of aromatic nitrogens is 2. The van der Waals surface area contributed by atoms with E-state index in [0.29, 0.717) is 6.42 Å². The minimum atomic E-state index is -0.319. The molecule has 1 rings (SSSR count). The van der Waals surface area contributed by atoms with E-state index in [1.807, 2.05) is 6.07 Å². The zero-order chi connectivity index (χ0) is 11.1. The van der Waals surface area contributed by atoms with E-state index in [4.69, 9.17) is 5.73 Å². The lowest BCUT2D eigenvalue weighted by atomic mass is 10.2. The molecule has 0 aliphatic carbocycles. The summed E-state index contributed by atoms with van der Waals surface area (Å²) in [4.78, 5) is 18.8. The molecular weight excluding hydrogens is 212 g/mol. The fourth-order valence-electron chi connectivity index (χ4n) is 1.07. The number of nitrogens with zero attached hydrogens (tertiary/aromatic N) is 2. The van der Waals surface area contributed by atoms with Gasteiger partial charge in [0, 0.05) is 11.9 Å². The number of carbonyl (C=O) groups is 1. The van der Waals surface area contributed by atoms with E-state index >= 15 is 0 Å². The Hall–Kier alpha value is -1.14. The van der Waals surface area contributed by atoms with Gasteiger partial charge in [-0.1, -0.05) is 0 Å². The van der Waals surface area contributed by atoms with E-state index in [1.165, 1.54) is 6.33 Å². The Bertz CT molecular complexity index is 306. The van der Waals surface area contributed by atoms with Gasteiger partial charge in [-0.05, 0) is 19.5 Å². The van der Waals surface area contributed by atoms with Crippen LogP contribution in [0.25, 0.3) is 0 Å². The summed E-state index contributed by atoms with van der Waals surface area (Å²) in [5.41, 5.74) is 5.19. The molecular formula is C9H14N4OS. The van der Waals surface area contributed by atoms with Crippen LogP contribution in [0.2, 0.25) is 0 Å². The molecule has 15 heavy (non-hydrogen) atoms. The van der Waals surface area contributed by atoms with Crippen LogP contribution in [0.1, 0.15) is 6.42 Å². The number of likely N-dealkylation sites (N-methyl/N-ethyl adjacent to an activating group) is 1. The van der Waals surface area contributed by atoms with Gasteiger partial charge in [0.2, 0.25) is 5.91 Å². The molecule has 3 N–H and O–H groups in total. The highest BCUT2D eigenvalue weighted by atomic mass is 32.2. The fourth-order valence-corrected chi connectivity index (χ4v) is 1.92. The van der Waals surface area contributed by atoms with Crippen molar-refractivity contribution in [2.75, 3.05) is 12.8 Å². The zero-order valence-electron chi connectivity index (χ0n) is 8.51. The van der Waals surface area contributed by atoms with E-state index in [1.54, 1.807) is 25.0 Å². The van der Waals surface area contributed by atoms with Crippen molar-refractivity contribution in [3.05, 3.63) is 18.6 Å². The summed E-state index contributed by atoms with van der Waals surface area (Å²) in [6, 6.07) is 1.57. The van der Waals surface area contributed by atoms with Crippen LogP contribution in [0.15, 0.2) is 23.6 Å². The second-order valence-corrected chi connectivity index (χ2v) is 4.04. The first-order chi connectivity index (χ1) is 7.24. The maximum atomic E-state index is 10.9. The first-order valence-corrected chi connectivity index (χ1v) is 5.58. The molecule has 0 spiro atoms. The van der Waals surface area contributed by atoms with Crippen molar-refractivity contribution in [3.8, 4) is 0 Å². The normalized spacial score (nSPS) is 12.3. The summed E-state index contributed by atoms with van der Waals surface area (Å²) in [6.45, 7) is 0.